The van der Waals surface area contributed by atoms with Crippen molar-refractivity contribution in [3.05, 3.63) is 51.5 Å². The molecule has 0 bridgehead atoms. The summed E-state index contributed by atoms with van der Waals surface area (Å²) in [6, 6.07) is 7.91. The molecule has 1 aliphatic rings. The topological polar surface area (TPSA) is 15.3 Å². The Morgan fingerprint density at radius 1 is 1.38 bits per heavy atom. The highest BCUT2D eigenvalue weighted by Gasteiger charge is 2.25. The fraction of sp³-hybridized carbons (Fsp3) is 0.412. The second kappa shape index (κ2) is 6.16. The van der Waals surface area contributed by atoms with Crippen LogP contribution >= 0.6 is 11.3 Å². The van der Waals surface area contributed by atoms with Gasteiger partial charge in [0.25, 0.3) is 0 Å². The number of rotatable bonds is 4. The molecule has 2 aromatic rings. The molecule has 2 nitrogen and oxygen atoms in total. The summed E-state index contributed by atoms with van der Waals surface area (Å²) >= 11 is 1.83. The number of hydrogen-bond donors (Lipinski definition) is 1. The predicted octanol–water partition coefficient (Wildman–Crippen LogP) is 4.12. The minimum Gasteiger partial charge on any atom is -0.364 e. The highest BCUT2D eigenvalue weighted by atomic mass is 32.1. The van der Waals surface area contributed by atoms with Gasteiger partial charge in [-0.3, -0.25) is 0 Å². The minimum absolute atomic E-state index is 0.149. The molecule has 1 atom stereocenters. The van der Waals surface area contributed by atoms with Gasteiger partial charge in [0.05, 0.1) is 6.04 Å². The van der Waals surface area contributed by atoms with E-state index in [1.165, 1.54) is 10.4 Å². The van der Waals surface area contributed by atoms with Crippen molar-refractivity contribution in [1.82, 2.24) is 5.32 Å². The summed E-state index contributed by atoms with van der Waals surface area (Å²) in [4.78, 5) is 3.79. The van der Waals surface area contributed by atoms with Gasteiger partial charge < -0.3 is 10.2 Å². The van der Waals surface area contributed by atoms with Crippen molar-refractivity contribution in [2.45, 2.75) is 32.9 Å². The SMILES string of the molecule is CCNCc1cc(F)cc(N2CCc3sccc3C2C)c1. The third-order valence-corrected chi connectivity index (χ3v) is 5.13. The van der Waals surface area contributed by atoms with Gasteiger partial charge in [-0.05, 0) is 60.7 Å². The van der Waals surface area contributed by atoms with Gasteiger partial charge in [-0.2, -0.15) is 0 Å². The number of nitrogens with zero attached hydrogens (tertiary/aromatic N) is 1. The second-order valence-electron chi connectivity index (χ2n) is 5.52. The Bertz CT molecular complexity index is 623. The lowest BCUT2D eigenvalue weighted by molar-refractivity contribution is 0.607. The molecular weight excluding hydrogens is 283 g/mol. The Hall–Kier alpha value is -1.39. The Labute approximate surface area is 129 Å². The first-order valence-electron chi connectivity index (χ1n) is 7.52. The summed E-state index contributed by atoms with van der Waals surface area (Å²) in [5.74, 6) is -0.149. The van der Waals surface area contributed by atoms with Gasteiger partial charge in [-0.25, -0.2) is 4.39 Å². The molecule has 2 heterocycles. The van der Waals surface area contributed by atoms with Crippen molar-refractivity contribution >= 4 is 17.0 Å². The standard InChI is InChI=1S/C17H21FN2S/c1-3-19-11-13-8-14(18)10-15(9-13)20-6-4-17-16(12(20)2)5-7-21-17/h5,7-10,12,19H,3-4,6,11H2,1-2H3. The molecule has 4 heteroatoms. The molecular formula is C17H21FN2S. The van der Waals surface area contributed by atoms with E-state index in [-0.39, 0.29) is 5.82 Å². The van der Waals surface area contributed by atoms with Crippen molar-refractivity contribution in [3.63, 3.8) is 0 Å². The molecule has 0 fully saturated rings. The Morgan fingerprint density at radius 3 is 3.05 bits per heavy atom. The molecule has 21 heavy (non-hydrogen) atoms. The van der Waals surface area contributed by atoms with Crippen LogP contribution in [0.5, 0.6) is 0 Å². The highest BCUT2D eigenvalue weighted by Crippen LogP contribution is 2.36. The monoisotopic (exact) mass is 304 g/mol. The molecule has 1 aromatic carbocycles. The summed E-state index contributed by atoms with van der Waals surface area (Å²) in [6.07, 6.45) is 1.05. The van der Waals surface area contributed by atoms with E-state index in [0.29, 0.717) is 12.6 Å². The van der Waals surface area contributed by atoms with Crippen LogP contribution in [0.3, 0.4) is 0 Å². The Balaban J connectivity index is 1.88. The number of nitrogens with one attached hydrogen (secondary N) is 1. The summed E-state index contributed by atoms with van der Waals surface area (Å²) in [7, 11) is 0. The first-order chi connectivity index (χ1) is 10.2. The van der Waals surface area contributed by atoms with E-state index in [1.807, 2.05) is 11.3 Å². The van der Waals surface area contributed by atoms with Crippen molar-refractivity contribution in [2.24, 2.45) is 0 Å². The van der Waals surface area contributed by atoms with Crippen LogP contribution in [-0.2, 0) is 13.0 Å². The maximum atomic E-state index is 13.9. The number of benzene rings is 1. The average Bonchev–Trinajstić information content (AvgIpc) is 2.94. The van der Waals surface area contributed by atoms with Crippen molar-refractivity contribution in [1.29, 1.82) is 0 Å². The highest BCUT2D eigenvalue weighted by molar-refractivity contribution is 7.10. The summed E-state index contributed by atoms with van der Waals surface area (Å²) < 4.78 is 13.9. The lowest BCUT2D eigenvalue weighted by Crippen LogP contribution is -2.33. The number of anilines is 1. The van der Waals surface area contributed by atoms with E-state index in [2.05, 4.69) is 41.6 Å². The molecule has 0 spiro atoms. The Kier molecular flexibility index (Phi) is 4.27. The fourth-order valence-electron chi connectivity index (χ4n) is 3.03. The first kappa shape index (κ1) is 14.5. The molecule has 0 radical (unpaired) electrons. The normalized spacial score (nSPS) is 17.9. The molecule has 3 rings (SSSR count). The maximum Gasteiger partial charge on any atom is 0.125 e. The quantitative estimate of drug-likeness (QED) is 0.914. The van der Waals surface area contributed by atoms with Crippen molar-refractivity contribution < 1.29 is 4.39 Å². The number of hydrogen-bond acceptors (Lipinski definition) is 3. The molecule has 0 saturated heterocycles. The van der Waals surface area contributed by atoms with Crippen molar-refractivity contribution in [2.75, 3.05) is 18.0 Å². The van der Waals surface area contributed by atoms with Gasteiger partial charge in [0.1, 0.15) is 5.82 Å². The van der Waals surface area contributed by atoms with Gasteiger partial charge in [-0.15, -0.1) is 11.3 Å². The molecule has 1 aliphatic heterocycles. The Morgan fingerprint density at radius 2 is 2.24 bits per heavy atom. The fourth-order valence-corrected chi connectivity index (χ4v) is 4.00. The maximum absolute atomic E-state index is 13.9. The van der Waals surface area contributed by atoms with Gasteiger partial charge in [-0.1, -0.05) is 6.92 Å². The van der Waals surface area contributed by atoms with Gasteiger partial charge in [0.15, 0.2) is 0 Å². The molecule has 1 unspecified atom stereocenters. The zero-order chi connectivity index (χ0) is 14.8. The van der Waals surface area contributed by atoms with Crippen molar-refractivity contribution in [3.8, 4) is 0 Å². The van der Waals surface area contributed by atoms with Crippen LogP contribution in [0.15, 0.2) is 29.6 Å². The molecule has 0 saturated carbocycles. The molecule has 1 N–H and O–H groups in total. The summed E-state index contributed by atoms with van der Waals surface area (Å²) in [6.45, 7) is 6.83. The largest absolute Gasteiger partial charge is 0.364 e. The van der Waals surface area contributed by atoms with Crippen LogP contribution in [0.4, 0.5) is 10.1 Å². The molecule has 1 aromatic heterocycles. The van der Waals surface area contributed by atoms with Crippen LogP contribution in [0, 0.1) is 5.82 Å². The predicted molar refractivity (Wildman–Crippen MR) is 87.6 cm³/mol. The van der Waals surface area contributed by atoms with Crippen LogP contribution in [0.1, 0.15) is 35.9 Å². The lowest BCUT2D eigenvalue weighted by Gasteiger charge is -2.35. The molecule has 0 aliphatic carbocycles. The molecule has 0 amide bonds. The second-order valence-corrected chi connectivity index (χ2v) is 6.52. The number of thiophene rings is 1. The van der Waals surface area contributed by atoms with E-state index < -0.39 is 0 Å². The van der Waals surface area contributed by atoms with Gasteiger partial charge >= 0.3 is 0 Å². The first-order valence-corrected chi connectivity index (χ1v) is 8.40. The summed E-state index contributed by atoms with van der Waals surface area (Å²) in [5.41, 5.74) is 3.39. The van der Waals surface area contributed by atoms with E-state index >= 15 is 0 Å². The smallest absolute Gasteiger partial charge is 0.125 e. The lowest BCUT2D eigenvalue weighted by atomic mass is 10.00. The zero-order valence-corrected chi connectivity index (χ0v) is 13.3. The van der Waals surface area contributed by atoms with Crippen LogP contribution < -0.4 is 10.2 Å². The zero-order valence-electron chi connectivity index (χ0n) is 12.5. The average molecular weight is 304 g/mol. The number of halogens is 1. The van der Waals surface area contributed by atoms with Crippen LogP contribution in [-0.4, -0.2) is 13.1 Å². The third-order valence-electron chi connectivity index (χ3n) is 4.13. The van der Waals surface area contributed by atoms with Crippen LogP contribution in [0.2, 0.25) is 0 Å². The van der Waals surface area contributed by atoms with E-state index in [4.69, 9.17) is 0 Å². The van der Waals surface area contributed by atoms with Gasteiger partial charge in [0.2, 0.25) is 0 Å². The summed E-state index contributed by atoms with van der Waals surface area (Å²) in [5, 5.41) is 5.42. The van der Waals surface area contributed by atoms with E-state index in [9.17, 15) is 4.39 Å². The third kappa shape index (κ3) is 2.97. The number of fused-ring (bicyclic) bond motifs is 1. The van der Waals surface area contributed by atoms with E-state index in [1.54, 1.807) is 12.1 Å². The van der Waals surface area contributed by atoms with E-state index in [0.717, 1.165) is 30.8 Å². The van der Waals surface area contributed by atoms with Gasteiger partial charge in [0, 0.05) is 23.7 Å². The molecule has 112 valence electrons. The van der Waals surface area contributed by atoms with Crippen LogP contribution in [0.25, 0.3) is 0 Å². The minimum atomic E-state index is -0.149.